The van der Waals surface area contributed by atoms with E-state index in [-0.39, 0.29) is 24.5 Å². The first-order chi connectivity index (χ1) is 9.14. The monoisotopic (exact) mass is 307 g/mol. The number of rotatable bonds is 8. The Hall–Kier alpha value is -1.28. The van der Waals surface area contributed by atoms with Crippen LogP contribution in [-0.2, 0) is 23.9 Å². The molecule has 0 fully saturated rings. The van der Waals surface area contributed by atoms with E-state index in [9.17, 15) is 14.4 Å². The Morgan fingerprint density at radius 3 is 2.35 bits per heavy atom. The van der Waals surface area contributed by atoms with Crippen molar-refractivity contribution in [3.8, 4) is 0 Å². The summed E-state index contributed by atoms with van der Waals surface area (Å²) in [7, 11) is 0. The smallest absolute Gasteiger partial charge is 0.327 e. The van der Waals surface area contributed by atoms with Crippen LogP contribution >= 0.6 is 11.8 Å². The molecule has 0 saturated heterocycles. The Morgan fingerprint density at radius 1 is 1.30 bits per heavy atom. The van der Waals surface area contributed by atoms with Gasteiger partial charge in [-0.25, -0.2) is 4.79 Å². The lowest BCUT2D eigenvalue weighted by Gasteiger charge is -2.16. The molecule has 0 saturated carbocycles. The van der Waals surface area contributed by atoms with Gasteiger partial charge in [0.1, 0.15) is 6.04 Å². The minimum Gasteiger partial charge on any atom is -0.480 e. The summed E-state index contributed by atoms with van der Waals surface area (Å²) >= 11 is 1.18. The topological polar surface area (TPSA) is 102 Å². The highest BCUT2D eigenvalue weighted by Gasteiger charge is 2.23. The van der Waals surface area contributed by atoms with Crippen molar-refractivity contribution in [2.45, 2.75) is 33.7 Å². The maximum atomic E-state index is 11.4. The molecule has 0 aromatic heterocycles. The average molecular weight is 307 g/mol. The number of carbonyl (C=O) groups is 3. The van der Waals surface area contributed by atoms with Crippen LogP contribution in [0.3, 0.4) is 0 Å². The van der Waals surface area contributed by atoms with Crippen LogP contribution in [0.15, 0.2) is 0 Å². The van der Waals surface area contributed by atoms with Gasteiger partial charge in [-0.05, 0) is 20.8 Å². The van der Waals surface area contributed by atoms with Gasteiger partial charge in [-0.3, -0.25) is 9.59 Å². The van der Waals surface area contributed by atoms with Gasteiger partial charge in [0.2, 0.25) is 5.91 Å². The predicted molar refractivity (Wildman–Crippen MR) is 74.1 cm³/mol. The van der Waals surface area contributed by atoms with Crippen LogP contribution in [0.1, 0.15) is 27.7 Å². The molecular weight excluding hydrogens is 286 g/mol. The van der Waals surface area contributed by atoms with Gasteiger partial charge in [0.05, 0.1) is 11.4 Å². The SMILES string of the molecule is CC(=O)N[C@@H](CSCOCOC(=O)C(C)(C)C)C(=O)O. The molecule has 0 aromatic rings. The number of hydrogen-bond donors (Lipinski definition) is 2. The van der Waals surface area contributed by atoms with Crippen LogP contribution in [0.25, 0.3) is 0 Å². The lowest BCUT2D eigenvalue weighted by atomic mass is 9.98. The standard InChI is InChI=1S/C12H21NO6S/c1-8(14)13-9(10(15)16)5-20-7-18-6-19-11(17)12(2,3)4/h9H,5-7H2,1-4H3,(H,13,14)(H,15,16)/t9-/m0/s1. The van der Waals surface area contributed by atoms with E-state index in [1.807, 2.05) is 0 Å². The predicted octanol–water partition coefficient (Wildman–Crippen LogP) is 0.830. The fraction of sp³-hybridized carbons (Fsp3) is 0.750. The molecule has 0 aromatic carbocycles. The van der Waals surface area contributed by atoms with Gasteiger partial charge in [0, 0.05) is 12.7 Å². The quantitative estimate of drug-likeness (QED) is 0.389. The number of aliphatic carboxylic acids is 1. The molecule has 0 aliphatic carbocycles. The van der Waals surface area contributed by atoms with E-state index < -0.39 is 23.3 Å². The first-order valence-corrected chi connectivity index (χ1v) is 7.12. The number of carboxylic acids is 1. The molecule has 0 aliphatic rings. The zero-order valence-electron chi connectivity index (χ0n) is 12.1. The Morgan fingerprint density at radius 2 is 1.90 bits per heavy atom. The van der Waals surface area contributed by atoms with Crippen LogP contribution in [0.2, 0.25) is 0 Å². The second-order valence-corrected chi connectivity index (χ2v) is 6.06. The average Bonchev–Trinajstić information content (AvgIpc) is 2.29. The normalized spacial score (nSPS) is 12.6. The van der Waals surface area contributed by atoms with Crippen molar-refractivity contribution in [3.63, 3.8) is 0 Å². The largest absolute Gasteiger partial charge is 0.480 e. The van der Waals surface area contributed by atoms with E-state index in [0.717, 1.165) is 0 Å². The van der Waals surface area contributed by atoms with E-state index in [0.29, 0.717) is 0 Å². The summed E-state index contributed by atoms with van der Waals surface area (Å²) in [4.78, 5) is 33.0. The first kappa shape index (κ1) is 18.7. The van der Waals surface area contributed by atoms with Gasteiger partial charge in [0.25, 0.3) is 0 Å². The summed E-state index contributed by atoms with van der Waals surface area (Å²) < 4.78 is 9.91. The van der Waals surface area contributed by atoms with Crippen LogP contribution in [0.5, 0.6) is 0 Å². The van der Waals surface area contributed by atoms with Crippen molar-refractivity contribution in [1.82, 2.24) is 5.32 Å². The van der Waals surface area contributed by atoms with Gasteiger partial charge in [-0.15, -0.1) is 11.8 Å². The number of carboxylic acid groups (broad SMARTS) is 1. The van der Waals surface area contributed by atoms with Gasteiger partial charge in [0.15, 0.2) is 6.79 Å². The highest BCUT2D eigenvalue weighted by atomic mass is 32.2. The summed E-state index contributed by atoms with van der Waals surface area (Å²) in [5, 5.41) is 11.2. The maximum Gasteiger partial charge on any atom is 0.327 e. The van der Waals surface area contributed by atoms with Crippen molar-refractivity contribution in [2.24, 2.45) is 5.41 Å². The van der Waals surface area contributed by atoms with E-state index >= 15 is 0 Å². The Balaban J connectivity index is 3.77. The molecule has 20 heavy (non-hydrogen) atoms. The molecule has 1 amide bonds. The van der Waals surface area contributed by atoms with Gasteiger partial charge >= 0.3 is 11.9 Å². The third kappa shape index (κ3) is 8.76. The van der Waals surface area contributed by atoms with E-state index in [2.05, 4.69) is 5.32 Å². The van der Waals surface area contributed by atoms with Crippen LogP contribution in [0.4, 0.5) is 0 Å². The Kier molecular flexibility index (Phi) is 8.24. The number of amides is 1. The van der Waals surface area contributed by atoms with Crippen molar-refractivity contribution < 1.29 is 29.0 Å². The third-order valence-corrected chi connectivity index (χ3v) is 2.91. The van der Waals surface area contributed by atoms with E-state index in [4.69, 9.17) is 14.6 Å². The zero-order valence-corrected chi connectivity index (χ0v) is 12.9. The molecule has 7 nitrogen and oxygen atoms in total. The summed E-state index contributed by atoms with van der Waals surface area (Å²) in [6.07, 6.45) is 0. The molecule has 0 rings (SSSR count). The second kappa shape index (κ2) is 8.80. The van der Waals surface area contributed by atoms with Crippen LogP contribution in [-0.4, -0.2) is 47.5 Å². The molecule has 8 heteroatoms. The summed E-state index contributed by atoms with van der Waals surface area (Å²) in [6.45, 7) is 6.27. The minimum absolute atomic E-state index is 0.167. The molecule has 0 aliphatic heterocycles. The summed E-state index contributed by atoms with van der Waals surface area (Å²) in [5.41, 5.74) is -0.587. The molecule has 0 unspecified atom stereocenters. The Bertz CT molecular complexity index is 352. The fourth-order valence-electron chi connectivity index (χ4n) is 0.991. The second-order valence-electron chi connectivity index (χ2n) is 5.08. The highest BCUT2D eigenvalue weighted by Crippen LogP contribution is 2.15. The maximum absolute atomic E-state index is 11.4. The summed E-state index contributed by atoms with van der Waals surface area (Å²) in [5.74, 6) is -1.54. The Labute approximate surface area is 122 Å². The van der Waals surface area contributed by atoms with Crippen molar-refractivity contribution >= 4 is 29.6 Å². The molecule has 0 radical (unpaired) electrons. The molecule has 0 bridgehead atoms. The third-order valence-electron chi connectivity index (χ3n) is 2.01. The van der Waals surface area contributed by atoms with E-state index in [1.54, 1.807) is 20.8 Å². The number of thioether (sulfide) groups is 1. The van der Waals surface area contributed by atoms with Gasteiger partial charge < -0.3 is 19.9 Å². The number of hydrogen-bond acceptors (Lipinski definition) is 6. The molecule has 1 atom stereocenters. The highest BCUT2D eigenvalue weighted by molar-refractivity contribution is 7.99. The number of ether oxygens (including phenoxy) is 2. The molecule has 2 N–H and O–H groups in total. The lowest BCUT2D eigenvalue weighted by Crippen LogP contribution is -2.41. The molecule has 0 spiro atoms. The number of esters is 1. The molecule has 116 valence electrons. The van der Waals surface area contributed by atoms with Crippen LogP contribution in [0, 0.1) is 5.41 Å². The van der Waals surface area contributed by atoms with E-state index in [1.165, 1.54) is 18.7 Å². The zero-order chi connectivity index (χ0) is 15.8. The minimum atomic E-state index is -1.10. The first-order valence-electron chi connectivity index (χ1n) is 5.97. The fourth-order valence-corrected chi connectivity index (χ4v) is 1.73. The molecular formula is C12H21NO6S. The van der Waals surface area contributed by atoms with Crippen molar-refractivity contribution in [1.29, 1.82) is 0 Å². The van der Waals surface area contributed by atoms with Crippen molar-refractivity contribution in [2.75, 3.05) is 18.5 Å². The number of nitrogens with one attached hydrogen (secondary N) is 1. The van der Waals surface area contributed by atoms with Crippen molar-refractivity contribution in [3.05, 3.63) is 0 Å². The van der Waals surface area contributed by atoms with Gasteiger partial charge in [-0.2, -0.15) is 0 Å². The lowest BCUT2D eigenvalue weighted by molar-refractivity contribution is -0.164. The summed E-state index contributed by atoms with van der Waals surface area (Å²) in [6, 6.07) is -0.960. The van der Waals surface area contributed by atoms with Crippen LogP contribution < -0.4 is 5.32 Å². The van der Waals surface area contributed by atoms with Gasteiger partial charge in [-0.1, -0.05) is 0 Å². The number of carbonyl (C=O) groups excluding carboxylic acids is 2. The molecule has 0 heterocycles.